The van der Waals surface area contributed by atoms with Crippen molar-refractivity contribution in [3.63, 3.8) is 0 Å². The minimum absolute atomic E-state index is 0. The van der Waals surface area contributed by atoms with Crippen molar-refractivity contribution in [1.82, 2.24) is 0 Å². The van der Waals surface area contributed by atoms with Crippen molar-refractivity contribution in [1.29, 1.82) is 4.17 Å². The number of hydrogen-bond donors (Lipinski definition) is 0. The van der Waals surface area contributed by atoms with Gasteiger partial charge in [-0.1, -0.05) is 0 Å². The summed E-state index contributed by atoms with van der Waals surface area (Å²) in [6.07, 6.45) is 0. The van der Waals surface area contributed by atoms with Crippen LogP contribution in [-0.4, -0.2) is 59.1 Å². The van der Waals surface area contributed by atoms with Gasteiger partial charge in [-0.15, -0.1) is 0 Å². The molecule has 0 saturated carbocycles. The molecule has 0 atom stereocenters. The van der Waals surface area contributed by atoms with Crippen LogP contribution >= 0.6 is 0 Å². The van der Waals surface area contributed by atoms with Gasteiger partial charge in [-0.05, 0) is 0 Å². The zero-order valence-electron chi connectivity index (χ0n) is 1.52. The quantitative estimate of drug-likeness (QED) is 0.322. The molecule has 0 fully saturated rings. The standard InChI is InChI=1S/Al.Ca.N.H2O.2H/h;;;1H2;;. The molecule has 4 heavy (non-hydrogen) atoms. The van der Waals surface area contributed by atoms with Gasteiger partial charge in [0.25, 0.3) is 0 Å². The first-order valence-electron chi connectivity index (χ1n) is 0.258. The molecular weight excluding hydrogens is 97.1 g/mol. The second-order valence-corrected chi connectivity index (χ2v) is 0. The van der Waals surface area contributed by atoms with Gasteiger partial charge in [-0.2, -0.15) is 0 Å². The third-order valence-electron chi connectivity index (χ3n) is 0. The molecule has 0 amide bonds. The Hall–Kier alpha value is 1.46. The van der Waals surface area contributed by atoms with Gasteiger partial charge in [-0.3, -0.25) is 0 Å². The average molecular weight is 101 g/mol. The van der Waals surface area contributed by atoms with Gasteiger partial charge in [0, 0.05) is 0 Å². The minimum atomic E-state index is 0. The molecule has 0 aliphatic carbocycles. The first kappa shape index (κ1) is 17.9. The van der Waals surface area contributed by atoms with E-state index in [1.165, 1.54) is 15.9 Å². The second kappa shape index (κ2) is 25.0. The van der Waals surface area contributed by atoms with Gasteiger partial charge in [-0.25, -0.2) is 0 Å². The Morgan fingerprint density at radius 2 is 1.25 bits per heavy atom. The Bertz CT molecular complexity index is 12.8. The van der Waals surface area contributed by atoms with Crippen LogP contribution < -0.4 is 0 Å². The molecule has 0 aromatic heterocycles. The van der Waals surface area contributed by atoms with Gasteiger partial charge in [0.1, 0.15) is 0 Å². The Morgan fingerprint density at radius 3 is 1.25 bits per heavy atom. The molecule has 0 aliphatic heterocycles. The summed E-state index contributed by atoms with van der Waals surface area (Å²) in [4.78, 5) is 0. The normalized spacial score (nSPS) is 1.25. The van der Waals surface area contributed by atoms with Crippen LogP contribution in [0, 0.1) is 4.17 Å². The van der Waals surface area contributed by atoms with E-state index in [9.17, 15) is 0 Å². The van der Waals surface area contributed by atoms with E-state index in [2.05, 4.69) is 0 Å². The van der Waals surface area contributed by atoms with Gasteiger partial charge >= 0.3 is 57.8 Å². The number of hydrogen-bond acceptors (Lipinski definition) is 1. The zero-order valence-corrected chi connectivity index (χ0v) is 2.68. The average Bonchev–Trinajstić information content (AvgIpc) is 1.00. The first-order chi connectivity index (χ1) is 1.00. The van der Waals surface area contributed by atoms with E-state index in [-0.39, 0.29) is 43.2 Å². The Balaban J connectivity index is -0.00000000500. The predicted octanol–water partition coefficient (Wildman–Crippen LogP) is -2.11. The van der Waals surface area contributed by atoms with Crippen LogP contribution in [0.3, 0.4) is 0 Å². The Labute approximate surface area is 62.5 Å². The Morgan fingerprint density at radius 1 is 1.25 bits per heavy atom. The molecule has 2 N–H and O–H groups in total. The molecule has 0 aromatic rings. The molecule has 2 nitrogen and oxygen atoms in total. The van der Waals surface area contributed by atoms with E-state index in [1.807, 2.05) is 0 Å². The summed E-state index contributed by atoms with van der Waals surface area (Å²) in [5, 5.41) is 0. The maximum absolute atomic E-state index is 6.92. The molecule has 0 aliphatic rings. The second-order valence-electron chi connectivity index (χ2n) is 0. The van der Waals surface area contributed by atoms with E-state index in [0.29, 0.717) is 0 Å². The molecule has 20 valence electrons. The fourth-order valence-corrected chi connectivity index (χ4v) is 0. The van der Waals surface area contributed by atoms with E-state index >= 15 is 0 Å². The first-order valence-corrected chi connectivity index (χ1v) is 0.775. The molecule has 4 heteroatoms. The van der Waals surface area contributed by atoms with Crippen molar-refractivity contribution in [2.75, 3.05) is 0 Å². The predicted molar refractivity (Wildman–Crippen MR) is 19.6 cm³/mol. The fourth-order valence-electron chi connectivity index (χ4n) is 0. The Kier molecular flexibility index (Phi) is 112. The number of rotatable bonds is 0. The van der Waals surface area contributed by atoms with Crippen LogP contribution in [0.2, 0.25) is 0 Å². The van der Waals surface area contributed by atoms with Crippen LogP contribution in [0.4, 0.5) is 0 Å². The van der Waals surface area contributed by atoms with Crippen LogP contribution in [-0.2, 0) is 0 Å². The van der Waals surface area contributed by atoms with E-state index in [0.717, 1.165) is 0 Å². The van der Waals surface area contributed by atoms with Crippen molar-refractivity contribution in [2.45, 2.75) is 0 Å². The van der Waals surface area contributed by atoms with Crippen LogP contribution in [0.5, 0.6) is 0 Å². The molecule has 0 aromatic carbocycles. The molecular formula is H4AlCaNO. The monoisotopic (exact) mass is 101 g/mol. The van der Waals surface area contributed by atoms with Gasteiger partial charge < -0.3 is 5.48 Å². The van der Waals surface area contributed by atoms with E-state index in [4.69, 9.17) is 4.17 Å². The number of nitrogens with zero attached hydrogens (tertiary/aromatic N) is 1. The summed E-state index contributed by atoms with van der Waals surface area (Å²) in [6, 6.07) is 0. The van der Waals surface area contributed by atoms with Crippen molar-refractivity contribution in [3.05, 3.63) is 0 Å². The summed E-state index contributed by atoms with van der Waals surface area (Å²) in [5.74, 6) is 0. The van der Waals surface area contributed by atoms with E-state index in [1.54, 1.807) is 0 Å². The SMILES string of the molecule is O.[CaH2].[N]#[Al]. The van der Waals surface area contributed by atoms with Crippen molar-refractivity contribution in [2.24, 2.45) is 0 Å². The van der Waals surface area contributed by atoms with Crippen LogP contribution in [0.25, 0.3) is 0 Å². The van der Waals surface area contributed by atoms with Crippen molar-refractivity contribution >= 4 is 53.7 Å². The van der Waals surface area contributed by atoms with E-state index < -0.39 is 0 Å². The molecule has 0 bridgehead atoms. The third kappa shape index (κ3) is 9.82. The summed E-state index contributed by atoms with van der Waals surface area (Å²) in [7, 11) is 0. The zero-order chi connectivity index (χ0) is 2.00. The van der Waals surface area contributed by atoms with Crippen molar-refractivity contribution in [3.8, 4) is 0 Å². The molecule has 0 saturated heterocycles. The summed E-state index contributed by atoms with van der Waals surface area (Å²) in [6.45, 7) is 0. The fraction of sp³-hybridized carbons (Fsp3) is 0. The summed E-state index contributed by atoms with van der Waals surface area (Å²) < 4.78 is 6.92. The van der Waals surface area contributed by atoms with Crippen LogP contribution in [0.15, 0.2) is 0 Å². The topological polar surface area (TPSA) is 55.3 Å². The molecule has 0 heterocycles. The molecule has 0 spiro atoms. The molecule has 0 rings (SSSR count). The molecule has 0 unspecified atom stereocenters. The maximum atomic E-state index is 6.92. The summed E-state index contributed by atoms with van der Waals surface area (Å²) in [5.41, 5.74) is 0. The van der Waals surface area contributed by atoms with Crippen molar-refractivity contribution < 1.29 is 5.48 Å². The van der Waals surface area contributed by atoms with Gasteiger partial charge in [0.05, 0.1) is 0 Å². The summed E-state index contributed by atoms with van der Waals surface area (Å²) >= 11 is 1.42. The van der Waals surface area contributed by atoms with Gasteiger partial charge in [0.15, 0.2) is 0 Å². The van der Waals surface area contributed by atoms with Gasteiger partial charge in [0.2, 0.25) is 0 Å². The third-order valence-corrected chi connectivity index (χ3v) is 0. The molecule has 0 radical (unpaired) electrons. The van der Waals surface area contributed by atoms with Crippen LogP contribution in [0.1, 0.15) is 0 Å².